The molecular weight excluding hydrogens is 358 g/mol. The highest BCUT2D eigenvalue weighted by Crippen LogP contribution is 2.28. The van der Waals surface area contributed by atoms with Gasteiger partial charge in [0.15, 0.2) is 0 Å². The predicted octanol–water partition coefficient (Wildman–Crippen LogP) is -0.199. The summed E-state index contributed by atoms with van der Waals surface area (Å²) in [5.41, 5.74) is 3.96. The molecule has 3 rings (SSSR count). The maximum atomic E-state index is 12.3. The number of carbonyl (C=O) groups is 4. The van der Waals surface area contributed by atoms with Gasteiger partial charge in [0, 0.05) is 13.1 Å². The zero-order chi connectivity index (χ0) is 19.9. The summed E-state index contributed by atoms with van der Waals surface area (Å²) >= 11 is 0. The summed E-state index contributed by atoms with van der Waals surface area (Å²) in [6.45, 7) is 5.89. The fourth-order valence-electron chi connectivity index (χ4n) is 3.41. The normalized spacial score (nSPS) is 27.2. The first-order chi connectivity index (χ1) is 12.6. The van der Waals surface area contributed by atoms with E-state index in [1.807, 2.05) is 0 Å². The van der Waals surface area contributed by atoms with Gasteiger partial charge in [0.2, 0.25) is 0 Å². The lowest BCUT2D eigenvalue weighted by Gasteiger charge is -2.40. The lowest BCUT2D eigenvalue weighted by molar-refractivity contribution is -0.136. The van der Waals surface area contributed by atoms with Crippen LogP contribution in [0.5, 0.6) is 0 Å². The number of hydroxylamine groups is 2. The van der Waals surface area contributed by atoms with E-state index < -0.39 is 41.6 Å². The number of amides is 5. The molecular formula is C16H25N5O6. The summed E-state index contributed by atoms with van der Waals surface area (Å²) in [5, 5.41) is 10.3. The Morgan fingerprint density at radius 2 is 1.70 bits per heavy atom. The van der Waals surface area contributed by atoms with E-state index in [4.69, 9.17) is 4.74 Å². The molecule has 150 valence electrons. The van der Waals surface area contributed by atoms with Crippen LogP contribution in [0.2, 0.25) is 0 Å². The largest absolute Gasteiger partial charge is 0.444 e. The molecule has 11 nitrogen and oxygen atoms in total. The molecule has 0 aromatic heterocycles. The molecule has 0 spiro atoms. The summed E-state index contributed by atoms with van der Waals surface area (Å²) < 4.78 is 5.25. The molecule has 0 radical (unpaired) electrons. The average Bonchev–Trinajstić information content (AvgIpc) is 2.74. The predicted molar refractivity (Wildman–Crippen MR) is 90.2 cm³/mol. The molecule has 0 saturated carbocycles. The zero-order valence-corrected chi connectivity index (χ0v) is 15.6. The summed E-state index contributed by atoms with van der Waals surface area (Å²) in [6.07, 6.45) is 0.780. The van der Waals surface area contributed by atoms with Crippen LogP contribution in [0.25, 0.3) is 0 Å². The van der Waals surface area contributed by atoms with Crippen LogP contribution in [0.3, 0.4) is 0 Å². The number of hydrogen-bond acceptors (Lipinski definition) is 6. The minimum Gasteiger partial charge on any atom is -0.444 e. The molecule has 1 unspecified atom stereocenters. The number of hydrazine groups is 1. The van der Waals surface area contributed by atoms with E-state index in [0.29, 0.717) is 30.9 Å². The number of nitrogens with zero attached hydrogens (tertiary/aromatic N) is 3. The Bertz CT molecular complexity index is 662. The van der Waals surface area contributed by atoms with Gasteiger partial charge in [-0.05, 0) is 40.0 Å². The van der Waals surface area contributed by atoms with Gasteiger partial charge in [0.1, 0.15) is 17.7 Å². The minimum absolute atomic E-state index is 0.274. The van der Waals surface area contributed by atoms with Gasteiger partial charge in [-0.1, -0.05) is 0 Å². The highest BCUT2D eigenvalue weighted by atomic mass is 16.6. The first-order valence-electron chi connectivity index (χ1n) is 8.96. The van der Waals surface area contributed by atoms with E-state index in [0.717, 1.165) is 0 Å². The van der Waals surface area contributed by atoms with Crippen molar-refractivity contribution in [2.75, 3.05) is 13.1 Å². The molecule has 3 aliphatic heterocycles. The maximum Gasteiger partial charge on any atom is 0.410 e. The van der Waals surface area contributed by atoms with Crippen molar-refractivity contribution in [2.45, 2.75) is 63.8 Å². The molecule has 2 bridgehead atoms. The van der Waals surface area contributed by atoms with Crippen molar-refractivity contribution in [1.29, 1.82) is 0 Å². The monoisotopic (exact) mass is 383 g/mol. The van der Waals surface area contributed by atoms with Crippen molar-refractivity contribution in [2.24, 2.45) is 0 Å². The molecule has 3 saturated heterocycles. The molecule has 3 aliphatic rings. The van der Waals surface area contributed by atoms with Crippen LogP contribution in [0.4, 0.5) is 9.59 Å². The highest BCUT2D eigenvalue weighted by molar-refractivity contribution is 5.92. The molecule has 27 heavy (non-hydrogen) atoms. The van der Waals surface area contributed by atoms with Crippen molar-refractivity contribution in [3.63, 3.8) is 0 Å². The Hall–Kier alpha value is -2.56. The lowest BCUT2D eigenvalue weighted by atomic mass is 10.0. The second kappa shape index (κ2) is 6.87. The van der Waals surface area contributed by atoms with Crippen LogP contribution in [0, 0.1) is 0 Å². The molecule has 3 heterocycles. The summed E-state index contributed by atoms with van der Waals surface area (Å²) in [7, 11) is 0. The first kappa shape index (κ1) is 19.2. The number of likely N-dealkylation sites (tertiary alicyclic amines) is 1. The smallest absolute Gasteiger partial charge is 0.410 e. The van der Waals surface area contributed by atoms with E-state index in [9.17, 15) is 24.4 Å². The van der Waals surface area contributed by atoms with Gasteiger partial charge in [-0.2, -0.15) is 0 Å². The summed E-state index contributed by atoms with van der Waals surface area (Å²) in [4.78, 5) is 51.2. The van der Waals surface area contributed by atoms with E-state index >= 15 is 0 Å². The first-order valence-corrected chi connectivity index (χ1v) is 8.96. The zero-order valence-electron chi connectivity index (χ0n) is 15.6. The van der Waals surface area contributed by atoms with Gasteiger partial charge in [-0.25, -0.2) is 14.7 Å². The second-order valence-electron chi connectivity index (χ2n) is 7.98. The third kappa shape index (κ3) is 3.77. The number of fused-ring (bicyclic) bond motifs is 2. The molecule has 0 aromatic rings. The Labute approximate surface area is 156 Å². The van der Waals surface area contributed by atoms with E-state index in [2.05, 4.69) is 10.9 Å². The van der Waals surface area contributed by atoms with Crippen molar-refractivity contribution in [1.82, 2.24) is 25.7 Å². The van der Waals surface area contributed by atoms with Crippen LogP contribution in [0.1, 0.15) is 40.0 Å². The van der Waals surface area contributed by atoms with Gasteiger partial charge in [0.25, 0.3) is 11.8 Å². The number of carbonyl (C=O) groups excluding carboxylic acids is 4. The van der Waals surface area contributed by atoms with Crippen LogP contribution in [-0.2, 0) is 14.3 Å². The molecule has 3 fully saturated rings. The lowest BCUT2D eigenvalue weighted by Crippen LogP contribution is -2.62. The van der Waals surface area contributed by atoms with Crippen molar-refractivity contribution >= 4 is 23.9 Å². The standard InChI is InChI=1S/C16H25N5O6/c1-16(2,3)27-15(25)19-7-6-11(19)13(23)18-17-12(22)10-5-4-9-8-20(10)14(24)21(9)26/h9-11,26H,4-8H2,1-3H3,(H,17,22)(H,18,23)/t9-,10+,11?/m0/s1. The number of urea groups is 1. The number of nitrogens with one attached hydrogen (secondary N) is 2. The highest BCUT2D eigenvalue weighted by Gasteiger charge is 2.47. The third-order valence-electron chi connectivity index (χ3n) is 4.91. The Morgan fingerprint density at radius 3 is 2.26 bits per heavy atom. The van der Waals surface area contributed by atoms with Crippen molar-refractivity contribution in [3.05, 3.63) is 0 Å². The molecule has 5 amide bonds. The van der Waals surface area contributed by atoms with Crippen LogP contribution in [-0.4, -0.2) is 80.8 Å². The number of hydrogen-bond donors (Lipinski definition) is 3. The number of piperidine rings is 1. The number of rotatable bonds is 2. The van der Waals surface area contributed by atoms with Gasteiger partial charge < -0.3 is 9.64 Å². The summed E-state index contributed by atoms with van der Waals surface area (Å²) in [5.74, 6) is -1.06. The maximum absolute atomic E-state index is 12.3. The SMILES string of the molecule is CC(C)(C)OC(=O)N1CCC1C(=O)NNC(=O)[C@H]1CC[C@H]2CN1C(=O)N2O. The van der Waals surface area contributed by atoms with Crippen molar-refractivity contribution < 1.29 is 29.1 Å². The van der Waals surface area contributed by atoms with E-state index in [-0.39, 0.29) is 12.6 Å². The van der Waals surface area contributed by atoms with E-state index in [1.165, 1.54) is 9.80 Å². The van der Waals surface area contributed by atoms with Gasteiger partial charge in [-0.3, -0.25) is 30.5 Å². The fraction of sp³-hybridized carbons (Fsp3) is 0.750. The van der Waals surface area contributed by atoms with Gasteiger partial charge >= 0.3 is 12.1 Å². The molecule has 0 aromatic carbocycles. The quantitative estimate of drug-likeness (QED) is 0.447. The Balaban J connectivity index is 1.50. The van der Waals surface area contributed by atoms with Crippen LogP contribution < -0.4 is 10.9 Å². The second-order valence-corrected chi connectivity index (χ2v) is 7.98. The van der Waals surface area contributed by atoms with Crippen LogP contribution >= 0.6 is 0 Å². The Kier molecular flexibility index (Phi) is 4.89. The molecule has 11 heteroatoms. The Morgan fingerprint density at radius 1 is 1.07 bits per heavy atom. The topological polar surface area (TPSA) is 132 Å². The fourth-order valence-corrected chi connectivity index (χ4v) is 3.41. The van der Waals surface area contributed by atoms with Crippen LogP contribution in [0.15, 0.2) is 0 Å². The molecule has 0 aliphatic carbocycles. The summed E-state index contributed by atoms with van der Waals surface area (Å²) in [6, 6.07) is -2.38. The third-order valence-corrected chi connectivity index (χ3v) is 4.91. The van der Waals surface area contributed by atoms with Crippen molar-refractivity contribution in [3.8, 4) is 0 Å². The van der Waals surface area contributed by atoms with E-state index in [1.54, 1.807) is 20.8 Å². The van der Waals surface area contributed by atoms with Gasteiger partial charge in [-0.15, -0.1) is 0 Å². The van der Waals surface area contributed by atoms with Gasteiger partial charge in [0.05, 0.1) is 6.04 Å². The molecule has 3 atom stereocenters. The average molecular weight is 383 g/mol. The minimum atomic E-state index is -0.755. The molecule has 3 N–H and O–H groups in total. The number of ether oxygens (including phenoxy) is 1.